The fourth-order valence-corrected chi connectivity index (χ4v) is 6.83. The number of likely N-dealkylation sites (tertiary alicyclic amines) is 1. The Morgan fingerprint density at radius 2 is 1.88 bits per heavy atom. The quantitative estimate of drug-likeness (QED) is 0.372. The Morgan fingerprint density at radius 1 is 1.05 bits per heavy atom. The van der Waals surface area contributed by atoms with E-state index in [1.807, 2.05) is 6.07 Å². The third kappa shape index (κ3) is 4.74. The molecule has 3 saturated heterocycles. The molecule has 1 aromatic carbocycles. The molecule has 0 aliphatic carbocycles. The van der Waals surface area contributed by atoms with Gasteiger partial charge in [-0.25, -0.2) is 19.3 Å². The van der Waals surface area contributed by atoms with Crippen molar-refractivity contribution in [3.8, 4) is 11.4 Å². The van der Waals surface area contributed by atoms with Gasteiger partial charge in [-0.3, -0.25) is 4.79 Å². The summed E-state index contributed by atoms with van der Waals surface area (Å²) in [6.45, 7) is 8.00. The molecule has 1 amide bonds. The first-order valence-corrected chi connectivity index (χ1v) is 15.0. The first-order chi connectivity index (χ1) is 20.1. The van der Waals surface area contributed by atoms with E-state index in [9.17, 15) is 4.79 Å². The molecule has 3 aliphatic heterocycles. The second-order valence-corrected chi connectivity index (χ2v) is 11.3. The van der Waals surface area contributed by atoms with Crippen molar-refractivity contribution >= 4 is 33.8 Å². The average molecular weight is 561 g/mol. The maximum Gasteiger partial charge on any atom is 0.226 e. The lowest BCUT2D eigenvalue weighted by Crippen LogP contribution is -2.51. The van der Waals surface area contributed by atoms with E-state index in [0.717, 1.165) is 62.0 Å². The van der Waals surface area contributed by atoms with E-state index < -0.39 is 0 Å². The Morgan fingerprint density at radius 3 is 2.68 bits per heavy atom. The van der Waals surface area contributed by atoms with E-state index in [2.05, 4.69) is 31.6 Å². The number of aromatic nitrogens is 5. The van der Waals surface area contributed by atoms with Gasteiger partial charge in [0.2, 0.25) is 5.91 Å². The van der Waals surface area contributed by atoms with Crippen LogP contribution in [0.15, 0.2) is 24.4 Å². The molecule has 0 radical (unpaired) electrons. The zero-order valence-electron chi connectivity index (χ0n) is 23.5. The molecule has 10 nitrogen and oxygen atoms in total. The summed E-state index contributed by atoms with van der Waals surface area (Å²) in [6, 6.07) is 5.38. The zero-order valence-corrected chi connectivity index (χ0v) is 23.5. The number of fused-ring (bicyclic) bond motifs is 2. The SMILES string of the molecule is CCn1c(C[C@H]2CCCN(C3CCNCC3)C2=O)nc2c(N3CCOCC3)nc(-c3c(F)ccc4[nH]ccc34)nc21. The van der Waals surface area contributed by atoms with Crippen LogP contribution in [0.4, 0.5) is 10.2 Å². The molecule has 216 valence electrons. The summed E-state index contributed by atoms with van der Waals surface area (Å²) in [5.74, 6) is 1.66. The van der Waals surface area contributed by atoms with Gasteiger partial charge >= 0.3 is 0 Å². The number of piperidine rings is 2. The van der Waals surface area contributed by atoms with Gasteiger partial charge in [0.05, 0.1) is 18.8 Å². The summed E-state index contributed by atoms with van der Waals surface area (Å²) >= 11 is 0. The maximum atomic E-state index is 15.4. The number of hydrogen-bond acceptors (Lipinski definition) is 7. The Labute approximate surface area is 238 Å². The van der Waals surface area contributed by atoms with Crippen molar-refractivity contribution in [2.75, 3.05) is 50.8 Å². The smallest absolute Gasteiger partial charge is 0.226 e. The molecule has 0 unspecified atom stereocenters. The van der Waals surface area contributed by atoms with Gasteiger partial charge in [-0.15, -0.1) is 0 Å². The van der Waals surface area contributed by atoms with Crippen LogP contribution in [-0.4, -0.2) is 87.3 Å². The van der Waals surface area contributed by atoms with Crippen molar-refractivity contribution in [2.45, 2.75) is 51.6 Å². The predicted molar refractivity (Wildman–Crippen MR) is 155 cm³/mol. The van der Waals surface area contributed by atoms with Gasteiger partial charge in [-0.1, -0.05) is 0 Å². The number of amides is 1. The number of morpholine rings is 1. The van der Waals surface area contributed by atoms with Gasteiger partial charge < -0.3 is 29.4 Å². The number of nitrogens with zero attached hydrogens (tertiary/aromatic N) is 6. The number of ether oxygens (including phenoxy) is 1. The Balaban J connectivity index is 1.31. The van der Waals surface area contributed by atoms with Gasteiger partial charge in [0, 0.05) is 61.7 Å². The highest BCUT2D eigenvalue weighted by Gasteiger charge is 2.35. The average Bonchev–Trinajstić information content (AvgIpc) is 3.62. The molecular weight excluding hydrogens is 523 g/mol. The molecule has 6 heterocycles. The number of hydrogen-bond donors (Lipinski definition) is 2. The van der Waals surface area contributed by atoms with Crippen LogP contribution in [-0.2, 0) is 22.5 Å². The van der Waals surface area contributed by atoms with Crippen molar-refractivity contribution in [3.05, 3.63) is 36.0 Å². The molecule has 2 N–H and O–H groups in total. The third-order valence-corrected chi connectivity index (χ3v) is 8.95. The molecule has 1 atom stereocenters. The van der Waals surface area contributed by atoms with E-state index >= 15 is 4.39 Å². The molecule has 3 fully saturated rings. The number of aromatic amines is 1. The highest BCUT2D eigenvalue weighted by Crippen LogP contribution is 2.34. The number of H-pyrrole nitrogens is 1. The molecular formula is C30H37FN8O2. The topological polar surface area (TPSA) is 104 Å². The molecule has 0 spiro atoms. The molecule has 7 rings (SSSR count). The van der Waals surface area contributed by atoms with Crippen LogP contribution in [0.2, 0.25) is 0 Å². The number of aryl methyl sites for hydroxylation is 1. The van der Waals surface area contributed by atoms with Crippen LogP contribution in [0.5, 0.6) is 0 Å². The van der Waals surface area contributed by atoms with Crippen LogP contribution < -0.4 is 10.2 Å². The van der Waals surface area contributed by atoms with Gasteiger partial charge in [-0.2, -0.15) is 0 Å². The van der Waals surface area contributed by atoms with Crippen LogP contribution >= 0.6 is 0 Å². The lowest BCUT2D eigenvalue weighted by Gasteiger charge is -2.40. The molecule has 3 aliphatic rings. The standard InChI is InChI=1S/C30H37FN8O2/c1-2-38-24(18-19-4-3-13-39(30(19)40)20-7-10-32-11-8-20)34-26-28(37-14-16-41-17-15-37)35-27(36-29(26)38)25-21-9-12-33-23(21)6-5-22(25)31/h5-6,9,12,19-20,32-33H,2-4,7-8,10-11,13-18H2,1H3/t19-/m1/s1. The fraction of sp³-hybridized carbons (Fsp3) is 0.533. The van der Waals surface area contributed by atoms with E-state index in [0.29, 0.717) is 73.7 Å². The van der Waals surface area contributed by atoms with Crippen molar-refractivity contribution < 1.29 is 13.9 Å². The summed E-state index contributed by atoms with van der Waals surface area (Å²) in [5.41, 5.74) is 2.59. The first-order valence-electron chi connectivity index (χ1n) is 15.0. The number of halogens is 1. The number of benzene rings is 1. The monoisotopic (exact) mass is 560 g/mol. The summed E-state index contributed by atoms with van der Waals surface area (Å²) in [6.07, 6.45) is 6.26. The van der Waals surface area contributed by atoms with E-state index in [4.69, 9.17) is 19.7 Å². The highest BCUT2D eigenvalue weighted by atomic mass is 19.1. The minimum Gasteiger partial charge on any atom is -0.378 e. The summed E-state index contributed by atoms with van der Waals surface area (Å²) in [4.78, 5) is 36.2. The Kier molecular flexibility index (Phi) is 7.08. The molecule has 11 heteroatoms. The molecule has 3 aromatic heterocycles. The van der Waals surface area contributed by atoms with Gasteiger partial charge in [0.15, 0.2) is 22.8 Å². The van der Waals surface area contributed by atoms with Crippen molar-refractivity contribution in [1.29, 1.82) is 0 Å². The van der Waals surface area contributed by atoms with Crippen LogP contribution in [0.25, 0.3) is 33.5 Å². The number of imidazole rings is 1. The summed E-state index contributed by atoms with van der Waals surface area (Å²) < 4.78 is 23.1. The van der Waals surface area contributed by atoms with Crippen LogP contribution in [0, 0.1) is 11.7 Å². The number of rotatable bonds is 6. The molecule has 0 bridgehead atoms. The summed E-state index contributed by atoms with van der Waals surface area (Å²) in [5, 5.41) is 4.15. The molecule has 41 heavy (non-hydrogen) atoms. The van der Waals surface area contributed by atoms with Crippen molar-refractivity contribution in [3.63, 3.8) is 0 Å². The van der Waals surface area contributed by atoms with Crippen molar-refractivity contribution in [2.24, 2.45) is 5.92 Å². The second-order valence-electron chi connectivity index (χ2n) is 11.3. The van der Waals surface area contributed by atoms with Gasteiger partial charge in [0.25, 0.3) is 0 Å². The number of anilines is 1. The minimum absolute atomic E-state index is 0.105. The van der Waals surface area contributed by atoms with Crippen LogP contribution in [0.3, 0.4) is 0 Å². The highest BCUT2D eigenvalue weighted by molar-refractivity contribution is 5.96. The fourth-order valence-electron chi connectivity index (χ4n) is 6.83. The Bertz CT molecular complexity index is 1570. The van der Waals surface area contributed by atoms with Crippen LogP contribution in [0.1, 0.15) is 38.4 Å². The van der Waals surface area contributed by atoms with Crippen molar-refractivity contribution in [1.82, 2.24) is 34.7 Å². The van der Waals surface area contributed by atoms with Gasteiger partial charge in [-0.05, 0) is 63.9 Å². The van der Waals surface area contributed by atoms with E-state index in [1.54, 1.807) is 12.3 Å². The predicted octanol–water partition coefficient (Wildman–Crippen LogP) is 3.50. The second kappa shape index (κ2) is 11.0. The van der Waals surface area contributed by atoms with E-state index in [-0.39, 0.29) is 17.6 Å². The first kappa shape index (κ1) is 26.3. The normalized spacial score (nSPS) is 20.9. The molecule has 0 saturated carbocycles. The zero-order chi connectivity index (χ0) is 27.9. The Hall–Kier alpha value is -3.57. The van der Waals surface area contributed by atoms with E-state index in [1.165, 1.54) is 6.07 Å². The largest absolute Gasteiger partial charge is 0.378 e. The summed E-state index contributed by atoms with van der Waals surface area (Å²) in [7, 11) is 0. The minimum atomic E-state index is -0.363. The van der Waals surface area contributed by atoms with Gasteiger partial charge in [0.1, 0.15) is 11.6 Å². The number of nitrogens with one attached hydrogen (secondary N) is 2. The number of carbonyl (C=O) groups is 1. The lowest BCUT2D eigenvalue weighted by molar-refractivity contribution is -0.141. The molecule has 4 aromatic rings. The maximum absolute atomic E-state index is 15.4. The lowest BCUT2D eigenvalue weighted by atomic mass is 9.91. The number of carbonyl (C=O) groups excluding carboxylic acids is 1. The third-order valence-electron chi connectivity index (χ3n) is 8.95.